The average molecular weight is 224 g/mol. The second-order valence-electron chi connectivity index (χ2n) is 4.29. The van der Waals surface area contributed by atoms with E-state index in [1.807, 2.05) is 11.9 Å². The van der Waals surface area contributed by atoms with Gasteiger partial charge in [0, 0.05) is 20.6 Å². The van der Waals surface area contributed by atoms with Gasteiger partial charge in [0.2, 0.25) is 5.95 Å². The lowest BCUT2D eigenvalue weighted by Gasteiger charge is -2.30. The molecule has 0 atom stereocenters. The molecule has 1 aromatic rings. The molecule has 0 amide bonds. The minimum absolute atomic E-state index is 0.360. The van der Waals surface area contributed by atoms with Crippen LogP contribution in [0.5, 0.6) is 0 Å². The molecule has 0 radical (unpaired) electrons. The smallest absolute Gasteiger partial charge is 0.224 e. The topological polar surface area (TPSA) is 41.1 Å². The van der Waals surface area contributed by atoms with Crippen LogP contribution in [0, 0.1) is 11.7 Å². The van der Waals surface area contributed by atoms with E-state index in [-0.39, 0.29) is 5.82 Å². The number of aromatic nitrogens is 2. The van der Waals surface area contributed by atoms with Crippen molar-refractivity contribution in [3.05, 3.63) is 12.0 Å². The van der Waals surface area contributed by atoms with Gasteiger partial charge in [-0.3, -0.25) is 0 Å². The maximum Gasteiger partial charge on any atom is 0.224 e. The van der Waals surface area contributed by atoms with E-state index in [1.54, 1.807) is 7.05 Å². The van der Waals surface area contributed by atoms with Crippen LogP contribution in [0.25, 0.3) is 0 Å². The van der Waals surface area contributed by atoms with Gasteiger partial charge in [-0.25, -0.2) is 9.37 Å². The molecule has 0 unspecified atom stereocenters. The van der Waals surface area contributed by atoms with Crippen molar-refractivity contribution < 1.29 is 4.39 Å². The SMILES string of the molecule is CNc1ncc(F)c(N(C)CC2CCC2)n1. The van der Waals surface area contributed by atoms with Crippen LogP contribution in [0.15, 0.2) is 6.20 Å². The van der Waals surface area contributed by atoms with E-state index in [0.29, 0.717) is 17.7 Å². The van der Waals surface area contributed by atoms with Crippen LogP contribution in [0.3, 0.4) is 0 Å². The molecule has 16 heavy (non-hydrogen) atoms. The fourth-order valence-corrected chi connectivity index (χ4v) is 1.90. The Morgan fingerprint density at radius 3 is 2.88 bits per heavy atom. The number of nitrogens with one attached hydrogen (secondary N) is 1. The summed E-state index contributed by atoms with van der Waals surface area (Å²) in [6, 6.07) is 0. The lowest BCUT2D eigenvalue weighted by Crippen LogP contribution is -2.30. The largest absolute Gasteiger partial charge is 0.357 e. The molecule has 1 aromatic heterocycles. The number of rotatable bonds is 4. The van der Waals surface area contributed by atoms with Crippen LogP contribution in [0.4, 0.5) is 16.2 Å². The summed E-state index contributed by atoms with van der Waals surface area (Å²) in [6.07, 6.45) is 5.00. The molecule has 0 aliphatic heterocycles. The van der Waals surface area contributed by atoms with Gasteiger partial charge < -0.3 is 10.2 Å². The Morgan fingerprint density at radius 2 is 2.31 bits per heavy atom. The molecule has 5 heteroatoms. The molecule has 88 valence electrons. The van der Waals surface area contributed by atoms with Crippen molar-refractivity contribution in [1.82, 2.24) is 9.97 Å². The first-order valence-corrected chi connectivity index (χ1v) is 5.62. The highest BCUT2D eigenvalue weighted by Gasteiger charge is 2.21. The highest BCUT2D eigenvalue weighted by atomic mass is 19.1. The molecule has 0 spiro atoms. The second kappa shape index (κ2) is 4.63. The van der Waals surface area contributed by atoms with Crippen LogP contribution in [-0.4, -0.2) is 30.6 Å². The zero-order valence-corrected chi connectivity index (χ0v) is 9.70. The van der Waals surface area contributed by atoms with Crippen molar-refractivity contribution in [3.63, 3.8) is 0 Å². The Hall–Kier alpha value is -1.39. The van der Waals surface area contributed by atoms with Gasteiger partial charge in [-0.2, -0.15) is 4.98 Å². The summed E-state index contributed by atoms with van der Waals surface area (Å²) in [5.41, 5.74) is 0. The number of halogens is 1. The third-order valence-corrected chi connectivity index (χ3v) is 3.07. The molecule has 1 saturated carbocycles. The lowest BCUT2D eigenvalue weighted by atomic mass is 9.85. The first-order chi connectivity index (χ1) is 7.70. The van der Waals surface area contributed by atoms with Gasteiger partial charge in [-0.05, 0) is 18.8 Å². The highest BCUT2D eigenvalue weighted by molar-refractivity contribution is 5.43. The Kier molecular flexibility index (Phi) is 3.22. The summed E-state index contributed by atoms with van der Waals surface area (Å²) in [6.45, 7) is 0.872. The van der Waals surface area contributed by atoms with E-state index < -0.39 is 0 Å². The first kappa shape index (κ1) is 11.1. The predicted molar refractivity (Wildman–Crippen MR) is 62.1 cm³/mol. The maximum atomic E-state index is 13.5. The molecule has 1 heterocycles. The number of nitrogens with zero attached hydrogens (tertiary/aromatic N) is 3. The molecule has 1 aliphatic rings. The van der Waals surface area contributed by atoms with Gasteiger partial charge in [0.1, 0.15) is 0 Å². The average Bonchev–Trinajstić information content (AvgIpc) is 2.24. The Bertz CT molecular complexity index is 365. The zero-order valence-electron chi connectivity index (χ0n) is 9.70. The van der Waals surface area contributed by atoms with E-state index >= 15 is 0 Å². The molecule has 1 N–H and O–H groups in total. The molecule has 1 aliphatic carbocycles. The van der Waals surface area contributed by atoms with E-state index in [4.69, 9.17) is 0 Å². The van der Waals surface area contributed by atoms with Crippen LogP contribution < -0.4 is 10.2 Å². The maximum absolute atomic E-state index is 13.5. The number of anilines is 2. The van der Waals surface area contributed by atoms with Gasteiger partial charge in [0.05, 0.1) is 6.20 Å². The number of hydrogen-bond acceptors (Lipinski definition) is 4. The molecule has 2 rings (SSSR count). The standard InChI is InChI=1S/C11H17FN4/c1-13-11-14-6-9(12)10(15-11)16(2)7-8-4-3-5-8/h6,8H,3-5,7H2,1-2H3,(H,13,14,15). The van der Waals surface area contributed by atoms with Gasteiger partial charge in [0.15, 0.2) is 11.6 Å². The normalized spacial score (nSPS) is 15.7. The fraction of sp³-hybridized carbons (Fsp3) is 0.636. The summed E-state index contributed by atoms with van der Waals surface area (Å²) < 4.78 is 13.5. The third-order valence-electron chi connectivity index (χ3n) is 3.07. The van der Waals surface area contributed by atoms with E-state index in [9.17, 15) is 4.39 Å². The quantitative estimate of drug-likeness (QED) is 0.848. The zero-order chi connectivity index (χ0) is 11.5. The van der Waals surface area contributed by atoms with Crippen LogP contribution in [-0.2, 0) is 0 Å². The molecular formula is C11H17FN4. The van der Waals surface area contributed by atoms with Crippen molar-refractivity contribution in [1.29, 1.82) is 0 Å². The molecular weight excluding hydrogens is 207 g/mol. The van der Waals surface area contributed by atoms with Crippen molar-refractivity contribution in [2.75, 3.05) is 30.9 Å². The van der Waals surface area contributed by atoms with Crippen molar-refractivity contribution >= 4 is 11.8 Å². The van der Waals surface area contributed by atoms with Crippen molar-refractivity contribution in [3.8, 4) is 0 Å². The molecule has 0 aromatic carbocycles. The highest BCUT2D eigenvalue weighted by Crippen LogP contribution is 2.28. The van der Waals surface area contributed by atoms with E-state index in [0.717, 1.165) is 6.54 Å². The summed E-state index contributed by atoms with van der Waals surface area (Å²) >= 11 is 0. The van der Waals surface area contributed by atoms with Crippen molar-refractivity contribution in [2.24, 2.45) is 5.92 Å². The third kappa shape index (κ3) is 2.23. The summed E-state index contributed by atoms with van der Waals surface area (Å²) in [5, 5.41) is 2.82. The number of hydrogen-bond donors (Lipinski definition) is 1. The minimum Gasteiger partial charge on any atom is -0.357 e. The van der Waals surface area contributed by atoms with Crippen LogP contribution >= 0.6 is 0 Å². The van der Waals surface area contributed by atoms with Gasteiger partial charge >= 0.3 is 0 Å². The van der Waals surface area contributed by atoms with Gasteiger partial charge in [-0.1, -0.05) is 6.42 Å². The second-order valence-corrected chi connectivity index (χ2v) is 4.29. The lowest BCUT2D eigenvalue weighted by molar-refractivity contribution is 0.320. The monoisotopic (exact) mass is 224 g/mol. The molecule has 1 fully saturated rings. The van der Waals surface area contributed by atoms with Gasteiger partial charge in [0.25, 0.3) is 0 Å². The van der Waals surface area contributed by atoms with E-state index in [1.165, 1.54) is 25.5 Å². The Labute approximate surface area is 94.9 Å². The summed E-state index contributed by atoms with van der Waals surface area (Å²) in [7, 11) is 3.60. The fourth-order valence-electron chi connectivity index (χ4n) is 1.90. The molecule has 4 nitrogen and oxygen atoms in total. The Balaban J connectivity index is 2.10. The molecule has 0 bridgehead atoms. The van der Waals surface area contributed by atoms with Crippen LogP contribution in [0.1, 0.15) is 19.3 Å². The molecule has 0 saturated heterocycles. The van der Waals surface area contributed by atoms with E-state index in [2.05, 4.69) is 15.3 Å². The predicted octanol–water partition coefficient (Wildman–Crippen LogP) is 1.89. The minimum atomic E-state index is -0.360. The van der Waals surface area contributed by atoms with Crippen molar-refractivity contribution in [2.45, 2.75) is 19.3 Å². The Morgan fingerprint density at radius 1 is 1.56 bits per heavy atom. The summed E-state index contributed by atoms with van der Waals surface area (Å²) in [5.74, 6) is 1.17. The van der Waals surface area contributed by atoms with Gasteiger partial charge in [-0.15, -0.1) is 0 Å². The first-order valence-electron chi connectivity index (χ1n) is 5.62. The summed E-state index contributed by atoms with van der Waals surface area (Å²) in [4.78, 5) is 9.84. The van der Waals surface area contributed by atoms with Crippen LogP contribution in [0.2, 0.25) is 0 Å².